The first-order valence-corrected chi connectivity index (χ1v) is 9.28. The van der Waals surface area contributed by atoms with Crippen molar-refractivity contribution < 1.29 is 18.8 Å². The van der Waals surface area contributed by atoms with Gasteiger partial charge in [0.05, 0.1) is 5.69 Å². The van der Waals surface area contributed by atoms with E-state index in [9.17, 15) is 18.8 Å². The number of nitrogens with zero attached hydrogens (tertiary/aromatic N) is 2. The lowest BCUT2D eigenvalue weighted by atomic mass is 10.1. The third-order valence-electron chi connectivity index (χ3n) is 4.95. The first kappa shape index (κ1) is 19.3. The van der Waals surface area contributed by atoms with E-state index in [1.165, 1.54) is 18.2 Å². The number of carbonyl (C=O) groups is 3. The normalized spacial score (nSPS) is 15.6. The van der Waals surface area contributed by atoms with Gasteiger partial charge >= 0.3 is 6.03 Å². The van der Waals surface area contributed by atoms with Crippen LogP contribution in [0.2, 0.25) is 0 Å². The van der Waals surface area contributed by atoms with Crippen LogP contribution in [0, 0.1) is 19.7 Å². The number of para-hydroxylation sites is 1. The van der Waals surface area contributed by atoms with Gasteiger partial charge in [-0.25, -0.2) is 14.1 Å². The number of anilines is 1. The summed E-state index contributed by atoms with van der Waals surface area (Å²) in [7, 11) is 0. The summed E-state index contributed by atoms with van der Waals surface area (Å²) in [4.78, 5) is 38.6. The molecule has 3 aromatic rings. The lowest BCUT2D eigenvalue weighted by Gasteiger charge is -2.26. The number of amides is 4. The van der Waals surface area contributed by atoms with Gasteiger partial charge in [0.1, 0.15) is 11.4 Å². The molecule has 150 valence electrons. The molecule has 0 radical (unpaired) electrons. The minimum atomic E-state index is -0.793. The molecular formula is C23H18FN3O3. The van der Waals surface area contributed by atoms with Crippen LogP contribution in [0.1, 0.15) is 17.0 Å². The zero-order valence-electron chi connectivity index (χ0n) is 16.3. The van der Waals surface area contributed by atoms with Gasteiger partial charge in [-0.15, -0.1) is 0 Å². The first-order valence-electron chi connectivity index (χ1n) is 9.28. The highest BCUT2D eigenvalue weighted by Crippen LogP contribution is 2.26. The average molecular weight is 403 g/mol. The van der Waals surface area contributed by atoms with Crippen LogP contribution in [0.3, 0.4) is 0 Å². The summed E-state index contributed by atoms with van der Waals surface area (Å²) in [6.07, 6.45) is 1.46. The summed E-state index contributed by atoms with van der Waals surface area (Å²) in [5, 5.41) is 2.21. The molecule has 0 aliphatic carbocycles. The van der Waals surface area contributed by atoms with Gasteiger partial charge in [0, 0.05) is 17.1 Å². The lowest BCUT2D eigenvalue weighted by molar-refractivity contribution is -0.122. The Bertz CT molecular complexity index is 1210. The summed E-state index contributed by atoms with van der Waals surface area (Å²) in [6, 6.07) is 15.5. The molecule has 2 heterocycles. The number of urea groups is 1. The SMILES string of the molecule is Cc1cc(/C=C2/C(=O)NC(=O)N(c3ccccc3)C2=O)c(C)n1-c1cccc(F)c1. The predicted octanol–water partition coefficient (Wildman–Crippen LogP) is 3.90. The van der Waals surface area contributed by atoms with Crippen molar-refractivity contribution in [3.8, 4) is 5.69 Å². The zero-order chi connectivity index (χ0) is 21.4. The van der Waals surface area contributed by atoms with Gasteiger partial charge in [-0.3, -0.25) is 14.9 Å². The van der Waals surface area contributed by atoms with Gasteiger partial charge in [0.15, 0.2) is 0 Å². The number of aryl methyl sites for hydroxylation is 1. The Morgan fingerprint density at radius 2 is 1.60 bits per heavy atom. The highest BCUT2D eigenvalue weighted by atomic mass is 19.1. The van der Waals surface area contributed by atoms with E-state index < -0.39 is 17.8 Å². The first-order chi connectivity index (χ1) is 14.4. The van der Waals surface area contributed by atoms with Crippen LogP contribution in [0.25, 0.3) is 11.8 Å². The Balaban J connectivity index is 1.77. The van der Waals surface area contributed by atoms with Crippen LogP contribution >= 0.6 is 0 Å². The summed E-state index contributed by atoms with van der Waals surface area (Å²) < 4.78 is 15.5. The molecule has 6 nitrogen and oxygen atoms in total. The van der Waals surface area contributed by atoms with E-state index in [2.05, 4.69) is 5.32 Å². The second-order valence-corrected chi connectivity index (χ2v) is 6.94. The minimum Gasteiger partial charge on any atom is -0.318 e. The monoisotopic (exact) mass is 403 g/mol. The third kappa shape index (κ3) is 3.30. The number of hydrogen-bond acceptors (Lipinski definition) is 3. The number of imide groups is 2. The second kappa shape index (κ2) is 7.44. The van der Waals surface area contributed by atoms with Crippen LogP contribution in [0.15, 0.2) is 66.2 Å². The Hall–Kier alpha value is -4.00. The summed E-state index contributed by atoms with van der Waals surface area (Å²) in [5.41, 5.74) is 3.01. The molecule has 0 spiro atoms. The van der Waals surface area contributed by atoms with E-state index >= 15 is 0 Å². The van der Waals surface area contributed by atoms with E-state index in [4.69, 9.17) is 0 Å². The van der Waals surface area contributed by atoms with Crippen LogP contribution in [-0.2, 0) is 9.59 Å². The molecule has 4 rings (SSSR count). The fourth-order valence-corrected chi connectivity index (χ4v) is 3.57. The number of benzene rings is 2. The van der Waals surface area contributed by atoms with E-state index in [1.54, 1.807) is 48.5 Å². The maximum Gasteiger partial charge on any atom is 0.335 e. The van der Waals surface area contributed by atoms with E-state index in [-0.39, 0.29) is 11.4 Å². The number of barbiturate groups is 1. The van der Waals surface area contributed by atoms with E-state index in [1.807, 2.05) is 18.4 Å². The molecule has 2 aromatic carbocycles. The molecule has 1 saturated heterocycles. The van der Waals surface area contributed by atoms with Crippen molar-refractivity contribution in [3.63, 3.8) is 0 Å². The molecule has 0 bridgehead atoms. The Labute approximate surface area is 172 Å². The van der Waals surface area contributed by atoms with Gasteiger partial charge in [-0.1, -0.05) is 24.3 Å². The molecule has 1 aromatic heterocycles. The van der Waals surface area contributed by atoms with Crippen LogP contribution in [0.5, 0.6) is 0 Å². The smallest absolute Gasteiger partial charge is 0.318 e. The molecule has 0 saturated carbocycles. The second-order valence-electron chi connectivity index (χ2n) is 6.94. The Kier molecular flexibility index (Phi) is 4.79. The molecule has 0 atom stereocenters. The lowest BCUT2D eigenvalue weighted by Crippen LogP contribution is -2.54. The van der Waals surface area contributed by atoms with Crippen molar-refractivity contribution in [3.05, 3.63) is 89.0 Å². The van der Waals surface area contributed by atoms with Gasteiger partial charge in [0.2, 0.25) is 0 Å². The van der Waals surface area contributed by atoms with Crippen molar-refractivity contribution in [2.24, 2.45) is 0 Å². The largest absolute Gasteiger partial charge is 0.335 e. The fraction of sp³-hybridized carbons (Fsp3) is 0.0870. The number of rotatable bonds is 3. The molecule has 30 heavy (non-hydrogen) atoms. The standard InChI is InChI=1S/C23H18FN3O3/c1-14-11-16(15(2)26(14)19-10-6-7-17(24)13-19)12-20-21(28)25-23(30)27(22(20)29)18-8-4-3-5-9-18/h3-13H,1-2H3,(H,25,28,30)/b20-12-. The van der Waals surface area contributed by atoms with Crippen LogP contribution in [-0.4, -0.2) is 22.4 Å². The molecule has 7 heteroatoms. The fourth-order valence-electron chi connectivity index (χ4n) is 3.57. The highest BCUT2D eigenvalue weighted by Gasteiger charge is 2.36. The van der Waals surface area contributed by atoms with Gasteiger partial charge in [-0.2, -0.15) is 0 Å². The van der Waals surface area contributed by atoms with E-state index in [0.29, 0.717) is 16.9 Å². The Morgan fingerprint density at radius 3 is 2.30 bits per heavy atom. The number of aromatic nitrogens is 1. The van der Waals surface area contributed by atoms with E-state index in [0.717, 1.165) is 16.3 Å². The maximum atomic E-state index is 13.7. The quantitative estimate of drug-likeness (QED) is 0.533. The average Bonchev–Trinajstić information content (AvgIpc) is 2.99. The summed E-state index contributed by atoms with van der Waals surface area (Å²) >= 11 is 0. The summed E-state index contributed by atoms with van der Waals surface area (Å²) in [5.74, 6) is -1.82. The van der Waals surface area contributed by atoms with Crippen LogP contribution in [0.4, 0.5) is 14.9 Å². The summed E-state index contributed by atoms with van der Waals surface area (Å²) in [6.45, 7) is 3.66. The number of nitrogens with one attached hydrogen (secondary N) is 1. The molecule has 1 aliphatic heterocycles. The highest BCUT2D eigenvalue weighted by molar-refractivity contribution is 6.39. The van der Waals surface area contributed by atoms with Crippen molar-refractivity contribution in [1.29, 1.82) is 0 Å². The van der Waals surface area contributed by atoms with Gasteiger partial charge < -0.3 is 4.57 Å². The van der Waals surface area contributed by atoms with Crippen molar-refractivity contribution >= 4 is 29.6 Å². The number of hydrogen-bond donors (Lipinski definition) is 1. The topological polar surface area (TPSA) is 71.4 Å². The van der Waals surface area contributed by atoms with Crippen molar-refractivity contribution in [1.82, 2.24) is 9.88 Å². The molecule has 1 aliphatic rings. The number of halogens is 1. The van der Waals surface area contributed by atoms with Crippen LogP contribution < -0.4 is 10.2 Å². The molecule has 0 unspecified atom stereocenters. The molecule has 1 N–H and O–H groups in total. The number of carbonyl (C=O) groups excluding carboxylic acids is 3. The van der Waals surface area contributed by atoms with Gasteiger partial charge in [-0.05, 0) is 61.9 Å². The molecular weight excluding hydrogens is 385 g/mol. The Morgan fingerprint density at radius 1 is 0.900 bits per heavy atom. The van der Waals surface area contributed by atoms with Crippen molar-refractivity contribution in [2.75, 3.05) is 4.90 Å². The molecule has 4 amide bonds. The maximum absolute atomic E-state index is 13.7. The zero-order valence-corrected chi connectivity index (χ0v) is 16.3. The molecule has 1 fully saturated rings. The van der Waals surface area contributed by atoms with Gasteiger partial charge in [0.25, 0.3) is 11.8 Å². The van der Waals surface area contributed by atoms with Crippen molar-refractivity contribution in [2.45, 2.75) is 13.8 Å². The predicted molar refractivity (Wildman–Crippen MR) is 111 cm³/mol. The third-order valence-corrected chi connectivity index (χ3v) is 4.95. The minimum absolute atomic E-state index is 0.155.